The lowest BCUT2D eigenvalue weighted by Gasteiger charge is -2.10. The van der Waals surface area contributed by atoms with E-state index in [0.29, 0.717) is 6.61 Å². The zero-order valence-corrected chi connectivity index (χ0v) is 10.5. The monoisotopic (exact) mass is 242 g/mol. The summed E-state index contributed by atoms with van der Waals surface area (Å²) in [6.07, 6.45) is 4.48. The summed E-state index contributed by atoms with van der Waals surface area (Å²) in [5.41, 5.74) is 8.16. The van der Waals surface area contributed by atoms with Crippen LogP contribution in [0.4, 0.5) is 0 Å². The Balaban J connectivity index is 1.89. The molecule has 3 heteroatoms. The van der Waals surface area contributed by atoms with E-state index in [1.165, 1.54) is 5.56 Å². The Hall–Kier alpha value is -1.87. The molecule has 18 heavy (non-hydrogen) atoms. The third-order valence-electron chi connectivity index (χ3n) is 2.79. The van der Waals surface area contributed by atoms with Crippen LogP contribution in [-0.4, -0.2) is 11.6 Å². The molecule has 1 aromatic heterocycles. The van der Waals surface area contributed by atoms with Crippen molar-refractivity contribution in [2.24, 2.45) is 5.73 Å². The molecule has 0 saturated heterocycles. The van der Waals surface area contributed by atoms with Crippen molar-refractivity contribution in [1.29, 1.82) is 0 Å². The normalized spacial score (nSPS) is 12.1. The summed E-state index contributed by atoms with van der Waals surface area (Å²) in [6, 6.07) is 12.0. The van der Waals surface area contributed by atoms with Crippen molar-refractivity contribution in [3.05, 3.63) is 59.9 Å². The molecule has 2 aromatic rings. The Morgan fingerprint density at radius 3 is 2.72 bits per heavy atom. The van der Waals surface area contributed by atoms with Crippen LogP contribution in [0.2, 0.25) is 0 Å². The van der Waals surface area contributed by atoms with Crippen LogP contribution >= 0.6 is 0 Å². The quantitative estimate of drug-likeness (QED) is 0.877. The van der Waals surface area contributed by atoms with E-state index in [1.807, 2.05) is 43.3 Å². The average Bonchev–Trinajstić information content (AvgIpc) is 2.40. The number of hydrogen-bond acceptors (Lipinski definition) is 3. The Kier molecular flexibility index (Phi) is 4.31. The highest BCUT2D eigenvalue weighted by Gasteiger charge is 2.01. The smallest absolute Gasteiger partial charge is 0.119 e. The lowest BCUT2D eigenvalue weighted by molar-refractivity contribution is 0.321. The molecular formula is C15H18N2O. The fraction of sp³-hybridized carbons (Fsp3) is 0.267. The largest absolute Gasteiger partial charge is 0.493 e. The molecule has 2 rings (SSSR count). The number of hydrogen-bond donors (Lipinski definition) is 1. The van der Waals surface area contributed by atoms with Crippen LogP contribution in [0.25, 0.3) is 0 Å². The maximum atomic E-state index is 5.84. The predicted octanol–water partition coefficient (Wildman–Crippen LogP) is 2.72. The number of pyridine rings is 1. The summed E-state index contributed by atoms with van der Waals surface area (Å²) in [5.74, 6) is 0.874. The minimum atomic E-state index is 0.0359. The van der Waals surface area contributed by atoms with E-state index in [1.54, 1.807) is 12.4 Å². The standard InChI is InChI=1S/C15H18N2O/c1-12(16)14-3-2-4-15(11-14)18-10-7-13-5-8-17-9-6-13/h2-6,8-9,11-12H,7,10,16H2,1H3. The van der Waals surface area contributed by atoms with Gasteiger partial charge in [0, 0.05) is 24.9 Å². The number of rotatable bonds is 5. The van der Waals surface area contributed by atoms with Crippen LogP contribution in [0.15, 0.2) is 48.8 Å². The van der Waals surface area contributed by atoms with Crippen molar-refractivity contribution in [3.8, 4) is 5.75 Å². The van der Waals surface area contributed by atoms with Gasteiger partial charge in [-0.25, -0.2) is 0 Å². The highest BCUT2D eigenvalue weighted by molar-refractivity contribution is 5.30. The molecule has 0 aliphatic heterocycles. The Labute approximate surface area is 108 Å². The first-order chi connectivity index (χ1) is 8.75. The molecule has 0 fully saturated rings. The van der Waals surface area contributed by atoms with Gasteiger partial charge in [0.2, 0.25) is 0 Å². The van der Waals surface area contributed by atoms with E-state index in [-0.39, 0.29) is 6.04 Å². The van der Waals surface area contributed by atoms with Gasteiger partial charge in [0.05, 0.1) is 6.61 Å². The second-order valence-corrected chi connectivity index (χ2v) is 4.32. The van der Waals surface area contributed by atoms with Gasteiger partial charge in [-0.15, -0.1) is 0 Å². The zero-order valence-electron chi connectivity index (χ0n) is 10.5. The second kappa shape index (κ2) is 6.17. The molecule has 3 nitrogen and oxygen atoms in total. The molecule has 1 atom stereocenters. The molecule has 1 heterocycles. The summed E-state index contributed by atoms with van der Waals surface area (Å²) in [7, 11) is 0. The lowest BCUT2D eigenvalue weighted by Crippen LogP contribution is -2.06. The maximum absolute atomic E-state index is 5.84. The third kappa shape index (κ3) is 3.57. The Morgan fingerprint density at radius 1 is 1.22 bits per heavy atom. The molecule has 0 saturated carbocycles. The minimum absolute atomic E-state index is 0.0359. The number of benzene rings is 1. The van der Waals surface area contributed by atoms with Gasteiger partial charge in [0.1, 0.15) is 5.75 Å². The third-order valence-corrected chi connectivity index (χ3v) is 2.79. The first-order valence-electron chi connectivity index (χ1n) is 6.13. The van der Waals surface area contributed by atoms with Crippen LogP contribution in [0.3, 0.4) is 0 Å². The second-order valence-electron chi connectivity index (χ2n) is 4.32. The molecule has 0 bridgehead atoms. The van der Waals surface area contributed by atoms with Crippen molar-refractivity contribution in [2.45, 2.75) is 19.4 Å². The van der Waals surface area contributed by atoms with Crippen molar-refractivity contribution in [3.63, 3.8) is 0 Å². The predicted molar refractivity (Wildman–Crippen MR) is 72.5 cm³/mol. The van der Waals surface area contributed by atoms with Crippen LogP contribution in [0.5, 0.6) is 5.75 Å². The van der Waals surface area contributed by atoms with Gasteiger partial charge in [0.25, 0.3) is 0 Å². The van der Waals surface area contributed by atoms with Crippen LogP contribution in [0, 0.1) is 0 Å². The van der Waals surface area contributed by atoms with E-state index >= 15 is 0 Å². The first kappa shape index (κ1) is 12.6. The average molecular weight is 242 g/mol. The Bertz CT molecular complexity index is 483. The molecule has 0 spiro atoms. The van der Waals surface area contributed by atoms with E-state index in [4.69, 9.17) is 10.5 Å². The van der Waals surface area contributed by atoms with E-state index in [2.05, 4.69) is 4.98 Å². The van der Waals surface area contributed by atoms with Crippen LogP contribution in [0.1, 0.15) is 24.1 Å². The molecule has 1 aromatic carbocycles. The molecule has 0 amide bonds. The minimum Gasteiger partial charge on any atom is -0.493 e. The van der Waals surface area contributed by atoms with Crippen LogP contribution < -0.4 is 10.5 Å². The molecule has 0 aliphatic carbocycles. The summed E-state index contributed by atoms with van der Waals surface area (Å²) in [5, 5.41) is 0. The zero-order chi connectivity index (χ0) is 12.8. The molecule has 94 valence electrons. The summed E-state index contributed by atoms with van der Waals surface area (Å²) in [4.78, 5) is 3.99. The summed E-state index contributed by atoms with van der Waals surface area (Å²) < 4.78 is 5.72. The van der Waals surface area contributed by atoms with E-state index in [9.17, 15) is 0 Å². The van der Waals surface area contributed by atoms with Gasteiger partial charge in [-0.1, -0.05) is 12.1 Å². The topological polar surface area (TPSA) is 48.1 Å². The van der Waals surface area contributed by atoms with Crippen molar-refractivity contribution >= 4 is 0 Å². The SMILES string of the molecule is CC(N)c1cccc(OCCc2ccncc2)c1. The lowest BCUT2D eigenvalue weighted by atomic mass is 10.1. The van der Waals surface area contributed by atoms with Crippen LogP contribution in [-0.2, 0) is 6.42 Å². The van der Waals surface area contributed by atoms with Crippen molar-refractivity contribution in [1.82, 2.24) is 4.98 Å². The molecular weight excluding hydrogens is 224 g/mol. The van der Waals surface area contributed by atoms with Crippen molar-refractivity contribution < 1.29 is 4.74 Å². The maximum Gasteiger partial charge on any atom is 0.119 e. The van der Waals surface area contributed by atoms with Gasteiger partial charge in [-0.05, 0) is 42.3 Å². The Morgan fingerprint density at radius 2 is 2.00 bits per heavy atom. The van der Waals surface area contributed by atoms with E-state index < -0.39 is 0 Å². The summed E-state index contributed by atoms with van der Waals surface area (Å²) >= 11 is 0. The van der Waals surface area contributed by atoms with Gasteiger partial charge < -0.3 is 10.5 Å². The summed E-state index contributed by atoms with van der Waals surface area (Å²) in [6.45, 7) is 2.63. The fourth-order valence-electron chi connectivity index (χ4n) is 1.72. The highest BCUT2D eigenvalue weighted by atomic mass is 16.5. The van der Waals surface area contributed by atoms with Gasteiger partial charge in [-0.2, -0.15) is 0 Å². The first-order valence-corrected chi connectivity index (χ1v) is 6.13. The highest BCUT2D eigenvalue weighted by Crippen LogP contribution is 2.17. The number of aromatic nitrogens is 1. The molecule has 1 unspecified atom stereocenters. The molecule has 0 radical (unpaired) electrons. The van der Waals surface area contributed by atoms with Gasteiger partial charge in [0.15, 0.2) is 0 Å². The molecule has 2 N–H and O–H groups in total. The van der Waals surface area contributed by atoms with Gasteiger partial charge in [-0.3, -0.25) is 4.98 Å². The molecule has 0 aliphatic rings. The van der Waals surface area contributed by atoms with Gasteiger partial charge >= 0.3 is 0 Å². The van der Waals surface area contributed by atoms with E-state index in [0.717, 1.165) is 17.7 Å². The van der Waals surface area contributed by atoms with Crippen molar-refractivity contribution in [2.75, 3.05) is 6.61 Å². The fourth-order valence-corrected chi connectivity index (χ4v) is 1.72. The number of ether oxygens (including phenoxy) is 1. The number of nitrogens with zero attached hydrogens (tertiary/aromatic N) is 1. The number of nitrogens with two attached hydrogens (primary N) is 1.